The van der Waals surface area contributed by atoms with Crippen molar-refractivity contribution in [1.29, 1.82) is 15.8 Å². The van der Waals surface area contributed by atoms with Crippen LogP contribution in [0.15, 0.2) is 152 Å². The minimum absolute atomic E-state index is 0.552. The van der Waals surface area contributed by atoms with Crippen molar-refractivity contribution in [3.8, 4) is 51.8 Å². The van der Waals surface area contributed by atoms with E-state index < -0.39 is 0 Å². The Bertz CT molecular complexity index is 2960. The Morgan fingerprint density at radius 2 is 0.900 bits per heavy atom. The molecule has 9 rings (SSSR count). The van der Waals surface area contributed by atoms with Crippen LogP contribution in [0.4, 0.5) is 0 Å². The lowest BCUT2D eigenvalue weighted by Crippen LogP contribution is -1.99. The Morgan fingerprint density at radius 1 is 0.360 bits per heavy atom. The van der Waals surface area contributed by atoms with E-state index in [0.29, 0.717) is 16.7 Å². The molecule has 0 aliphatic carbocycles. The lowest BCUT2D eigenvalue weighted by Gasteiger charge is -2.16. The highest BCUT2D eigenvalue weighted by Crippen LogP contribution is 2.39. The molecular formula is C45H25N5. The van der Waals surface area contributed by atoms with Crippen molar-refractivity contribution in [2.45, 2.75) is 0 Å². The predicted octanol–water partition coefficient (Wildman–Crippen LogP) is 10.8. The molecule has 50 heavy (non-hydrogen) atoms. The van der Waals surface area contributed by atoms with Crippen LogP contribution in [-0.4, -0.2) is 9.13 Å². The van der Waals surface area contributed by atoms with Gasteiger partial charge in [-0.15, -0.1) is 0 Å². The fraction of sp³-hybridized carbons (Fsp3) is 0. The number of hydrogen-bond acceptors (Lipinski definition) is 3. The summed E-state index contributed by atoms with van der Waals surface area (Å²) in [5.74, 6) is 0. The molecule has 5 heteroatoms. The largest absolute Gasteiger partial charge is 0.309 e. The van der Waals surface area contributed by atoms with Gasteiger partial charge < -0.3 is 9.13 Å². The monoisotopic (exact) mass is 635 g/mol. The van der Waals surface area contributed by atoms with E-state index in [0.717, 1.165) is 77.2 Å². The third-order valence-electron chi connectivity index (χ3n) is 9.58. The standard InChI is InChI=1S/C45H25N5/c46-26-29-14-18-43-39(20-29)37-10-4-6-12-41(37)49(43)36-23-34(31-8-2-1-3-9-31)22-35(24-36)32-16-17-33(28-48)45(25-32)50-42-13-7-5-11-38(42)40-21-30(27-47)15-19-44(40)50/h1-25H. The van der Waals surface area contributed by atoms with Gasteiger partial charge in [-0.05, 0) is 101 Å². The lowest BCUT2D eigenvalue weighted by molar-refractivity contribution is 1.16. The fourth-order valence-corrected chi connectivity index (χ4v) is 7.32. The van der Waals surface area contributed by atoms with Gasteiger partial charge in [-0.2, -0.15) is 15.8 Å². The van der Waals surface area contributed by atoms with Crippen molar-refractivity contribution in [2.24, 2.45) is 0 Å². The second kappa shape index (κ2) is 11.4. The SMILES string of the molecule is N#Cc1ccc2c(c1)c1ccccc1n2-c1cc(-c2ccccc2)cc(-c2ccc(C#N)c(-n3c4ccccc4c4cc(C#N)ccc43)c2)c1. The summed E-state index contributed by atoms with van der Waals surface area (Å²) in [6.45, 7) is 0. The minimum atomic E-state index is 0.552. The topological polar surface area (TPSA) is 81.2 Å². The second-order valence-electron chi connectivity index (χ2n) is 12.4. The summed E-state index contributed by atoms with van der Waals surface area (Å²) >= 11 is 0. The van der Waals surface area contributed by atoms with E-state index in [1.165, 1.54) is 0 Å². The molecule has 0 spiro atoms. The number of benzene rings is 7. The number of nitriles is 3. The Balaban J connectivity index is 1.32. The van der Waals surface area contributed by atoms with E-state index in [9.17, 15) is 15.8 Å². The van der Waals surface area contributed by atoms with Crippen molar-refractivity contribution >= 4 is 43.6 Å². The van der Waals surface area contributed by atoms with E-state index in [4.69, 9.17) is 0 Å². The van der Waals surface area contributed by atoms with E-state index in [-0.39, 0.29) is 0 Å². The number of nitrogens with zero attached hydrogens (tertiary/aromatic N) is 5. The van der Waals surface area contributed by atoms with Crippen molar-refractivity contribution in [3.63, 3.8) is 0 Å². The highest BCUT2D eigenvalue weighted by Gasteiger charge is 2.18. The van der Waals surface area contributed by atoms with Gasteiger partial charge in [0, 0.05) is 27.2 Å². The van der Waals surface area contributed by atoms with Gasteiger partial charge in [0.1, 0.15) is 6.07 Å². The first-order valence-corrected chi connectivity index (χ1v) is 16.3. The molecule has 0 unspecified atom stereocenters. The molecule has 0 atom stereocenters. The van der Waals surface area contributed by atoms with Crippen LogP contribution in [0.3, 0.4) is 0 Å². The van der Waals surface area contributed by atoms with E-state index >= 15 is 0 Å². The Kier molecular flexibility index (Phi) is 6.56. The molecule has 0 N–H and O–H groups in total. The molecule has 0 saturated heterocycles. The number of aromatic nitrogens is 2. The van der Waals surface area contributed by atoms with Crippen LogP contribution >= 0.6 is 0 Å². The summed E-state index contributed by atoms with van der Waals surface area (Å²) < 4.78 is 4.40. The highest BCUT2D eigenvalue weighted by molar-refractivity contribution is 6.11. The summed E-state index contributed by atoms with van der Waals surface area (Å²) in [5.41, 5.74) is 11.6. The summed E-state index contributed by atoms with van der Waals surface area (Å²) in [6, 6.07) is 58.0. The molecule has 0 aliphatic heterocycles. The smallest absolute Gasteiger partial charge is 0.101 e. The van der Waals surface area contributed by atoms with Gasteiger partial charge in [-0.25, -0.2) is 0 Å². The molecule has 2 aromatic heterocycles. The van der Waals surface area contributed by atoms with Crippen molar-refractivity contribution in [1.82, 2.24) is 9.13 Å². The second-order valence-corrected chi connectivity index (χ2v) is 12.4. The maximum atomic E-state index is 10.4. The van der Waals surface area contributed by atoms with Gasteiger partial charge in [-0.1, -0.05) is 72.8 Å². The van der Waals surface area contributed by atoms with Crippen LogP contribution in [0.1, 0.15) is 16.7 Å². The maximum Gasteiger partial charge on any atom is 0.101 e. The van der Waals surface area contributed by atoms with E-state index in [2.05, 4.69) is 88.0 Å². The average Bonchev–Trinajstić information content (AvgIpc) is 3.69. The molecular weight excluding hydrogens is 611 g/mol. The van der Waals surface area contributed by atoms with Crippen LogP contribution in [0, 0.1) is 34.0 Å². The third kappa shape index (κ3) is 4.45. The van der Waals surface area contributed by atoms with Crippen molar-refractivity contribution in [2.75, 3.05) is 0 Å². The molecule has 0 saturated carbocycles. The molecule has 0 aliphatic rings. The summed E-state index contributed by atoms with van der Waals surface area (Å²) in [6.07, 6.45) is 0. The number of hydrogen-bond donors (Lipinski definition) is 0. The number of para-hydroxylation sites is 2. The lowest BCUT2D eigenvalue weighted by atomic mass is 9.96. The van der Waals surface area contributed by atoms with Crippen molar-refractivity contribution in [3.05, 3.63) is 168 Å². The Labute approximate surface area is 287 Å². The first kappa shape index (κ1) is 28.8. The zero-order chi connectivity index (χ0) is 33.8. The van der Waals surface area contributed by atoms with Crippen LogP contribution < -0.4 is 0 Å². The molecule has 7 aromatic carbocycles. The van der Waals surface area contributed by atoms with Crippen LogP contribution in [0.5, 0.6) is 0 Å². The predicted molar refractivity (Wildman–Crippen MR) is 200 cm³/mol. The van der Waals surface area contributed by atoms with Gasteiger partial charge >= 0.3 is 0 Å². The molecule has 5 nitrogen and oxygen atoms in total. The molecule has 9 aromatic rings. The van der Waals surface area contributed by atoms with Gasteiger partial charge in [-0.3, -0.25) is 0 Å². The first-order chi connectivity index (χ1) is 24.6. The summed E-state index contributed by atoms with van der Waals surface area (Å²) in [7, 11) is 0. The van der Waals surface area contributed by atoms with Gasteiger partial charge in [0.05, 0.1) is 56.6 Å². The van der Waals surface area contributed by atoms with Crippen LogP contribution in [0.25, 0.3) is 77.2 Å². The Hall–Kier alpha value is -7.39. The van der Waals surface area contributed by atoms with Gasteiger partial charge in [0.25, 0.3) is 0 Å². The van der Waals surface area contributed by atoms with Gasteiger partial charge in [0.15, 0.2) is 0 Å². The highest BCUT2D eigenvalue weighted by atomic mass is 15.0. The Morgan fingerprint density at radius 3 is 1.52 bits per heavy atom. The average molecular weight is 636 g/mol. The van der Waals surface area contributed by atoms with Crippen LogP contribution in [-0.2, 0) is 0 Å². The molecule has 2 heterocycles. The van der Waals surface area contributed by atoms with Gasteiger partial charge in [0.2, 0.25) is 0 Å². The molecule has 0 bridgehead atoms. The molecule has 230 valence electrons. The van der Waals surface area contributed by atoms with E-state index in [1.807, 2.05) is 91.0 Å². The van der Waals surface area contributed by atoms with E-state index in [1.54, 1.807) is 0 Å². The zero-order valence-corrected chi connectivity index (χ0v) is 26.7. The summed E-state index contributed by atoms with van der Waals surface area (Å²) in [5, 5.41) is 33.8. The normalized spacial score (nSPS) is 11.1. The zero-order valence-electron chi connectivity index (χ0n) is 26.7. The maximum absolute atomic E-state index is 10.4. The first-order valence-electron chi connectivity index (χ1n) is 16.3. The minimum Gasteiger partial charge on any atom is -0.309 e. The molecule has 0 amide bonds. The number of rotatable bonds is 4. The fourth-order valence-electron chi connectivity index (χ4n) is 7.32. The van der Waals surface area contributed by atoms with Crippen LogP contribution in [0.2, 0.25) is 0 Å². The summed E-state index contributed by atoms with van der Waals surface area (Å²) in [4.78, 5) is 0. The van der Waals surface area contributed by atoms with Crippen molar-refractivity contribution < 1.29 is 0 Å². The quantitative estimate of drug-likeness (QED) is 0.193. The third-order valence-corrected chi connectivity index (χ3v) is 9.58. The molecule has 0 radical (unpaired) electrons. The number of fused-ring (bicyclic) bond motifs is 6. The molecule has 0 fully saturated rings.